The highest BCUT2D eigenvalue weighted by Gasteiger charge is 2.55. The monoisotopic (exact) mass is 270 g/mol. The van der Waals surface area contributed by atoms with Crippen LogP contribution in [0.25, 0.3) is 0 Å². The third kappa shape index (κ3) is 2.50. The van der Waals surface area contributed by atoms with E-state index in [0.717, 1.165) is 17.7 Å². The summed E-state index contributed by atoms with van der Waals surface area (Å²) in [6.07, 6.45) is -0.537. The molecule has 3 rings (SSSR count). The summed E-state index contributed by atoms with van der Waals surface area (Å²) in [7, 11) is 0. The number of alkyl halides is 3. The van der Waals surface area contributed by atoms with Gasteiger partial charge in [-0.2, -0.15) is 13.2 Å². The minimum Gasteiger partial charge on any atom is -0.392 e. The number of fused-ring (bicyclic) bond motifs is 1. The molecule has 0 radical (unpaired) electrons. The zero-order valence-corrected chi connectivity index (χ0v) is 10.5. The Labute approximate surface area is 110 Å². The van der Waals surface area contributed by atoms with Gasteiger partial charge in [0.2, 0.25) is 0 Å². The molecule has 1 aromatic carbocycles. The zero-order valence-electron chi connectivity index (χ0n) is 10.5. The van der Waals surface area contributed by atoms with Crippen LogP contribution in [-0.2, 0) is 12.6 Å². The average Bonchev–Trinajstić information content (AvgIpc) is 2.83. The molecule has 3 atom stereocenters. The largest absolute Gasteiger partial charge is 0.416 e. The van der Waals surface area contributed by atoms with E-state index in [1.165, 1.54) is 31.4 Å². The Morgan fingerprint density at radius 2 is 1.68 bits per heavy atom. The van der Waals surface area contributed by atoms with Crippen LogP contribution in [0.2, 0.25) is 0 Å². The van der Waals surface area contributed by atoms with Crippen molar-refractivity contribution in [3.05, 3.63) is 35.4 Å². The van der Waals surface area contributed by atoms with Crippen LogP contribution in [0.15, 0.2) is 24.3 Å². The fourth-order valence-corrected chi connectivity index (χ4v) is 3.66. The first-order chi connectivity index (χ1) is 8.97. The molecule has 2 aliphatic carbocycles. The molecule has 2 saturated carbocycles. The van der Waals surface area contributed by atoms with Crippen LogP contribution < -0.4 is 0 Å². The van der Waals surface area contributed by atoms with E-state index >= 15 is 0 Å². The summed E-state index contributed by atoms with van der Waals surface area (Å²) < 4.78 is 37.3. The van der Waals surface area contributed by atoms with Gasteiger partial charge < -0.3 is 5.11 Å². The lowest BCUT2D eigenvalue weighted by molar-refractivity contribution is -0.137. The molecule has 2 fully saturated rings. The number of aliphatic hydroxyl groups is 1. The lowest BCUT2D eigenvalue weighted by Gasteiger charge is -2.13. The van der Waals surface area contributed by atoms with Crippen LogP contribution in [0.3, 0.4) is 0 Å². The summed E-state index contributed by atoms with van der Waals surface area (Å²) in [5, 5.41) is 10.2. The van der Waals surface area contributed by atoms with E-state index in [2.05, 4.69) is 0 Å². The van der Waals surface area contributed by atoms with Crippen LogP contribution >= 0.6 is 0 Å². The van der Waals surface area contributed by atoms with Crippen LogP contribution in [-0.4, -0.2) is 11.2 Å². The summed E-state index contributed by atoms with van der Waals surface area (Å²) in [6.45, 7) is 0. The van der Waals surface area contributed by atoms with Crippen LogP contribution in [0.4, 0.5) is 13.2 Å². The van der Waals surface area contributed by atoms with Gasteiger partial charge in [-0.3, -0.25) is 0 Å². The standard InChI is InChI=1S/C15H17F3O/c16-15(17,18)10-6-4-9(5-7-10)8-13(19)14-11-2-1-3-12(11)14/h4-7,11-14,19H,1-3,8H2. The lowest BCUT2D eigenvalue weighted by Crippen LogP contribution is -2.16. The summed E-state index contributed by atoms with van der Waals surface area (Å²) >= 11 is 0. The molecule has 1 nitrogen and oxygen atoms in total. The summed E-state index contributed by atoms with van der Waals surface area (Å²) in [4.78, 5) is 0. The topological polar surface area (TPSA) is 20.2 Å². The molecule has 0 aromatic heterocycles. The predicted molar refractivity (Wildman–Crippen MR) is 65.5 cm³/mol. The van der Waals surface area contributed by atoms with Crippen molar-refractivity contribution in [2.24, 2.45) is 17.8 Å². The molecule has 4 heteroatoms. The molecule has 1 N–H and O–H groups in total. The van der Waals surface area contributed by atoms with Gasteiger partial charge in [0.25, 0.3) is 0 Å². The number of halogens is 3. The van der Waals surface area contributed by atoms with Crippen molar-refractivity contribution in [1.82, 2.24) is 0 Å². The molecular formula is C15H17F3O. The highest BCUT2D eigenvalue weighted by molar-refractivity contribution is 5.25. The SMILES string of the molecule is OC(Cc1ccc(C(F)(F)F)cc1)C1C2CCCC21. The fourth-order valence-electron chi connectivity index (χ4n) is 3.66. The van der Waals surface area contributed by atoms with Gasteiger partial charge in [0.1, 0.15) is 0 Å². The average molecular weight is 270 g/mol. The van der Waals surface area contributed by atoms with E-state index in [1.807, 2.05) is 0 Å². The lowest BCUT2D eigenvalue weighted by atomic mass is 9.99. The maximum Gasteiger partial charge on any atom is 0.416 e. The van der Waals surface area contributed by atoms with Gasteiger partial charge in [-0.05, 0) is 54.7 Å². The summed E-state index contributed by atoms with van der Waals surface area (Å²) in [6, 6.07) is 5.14. The molecule has 0 saturated heterocycles. The Balaban J connectivity index is 1.61. The van der Waals surface area contributed by atoms with Gasteiger partial charge in [-0.25, -0.2) is 0 Å². The van der Waals surface area contributed by atoms with Crippen molar-refractivity contribution in [3.8, 4) is 0 Å². The Morgan fingerprint density at radius 3 is 2.21 bits per heavy atom. The van der Waals surface area contributed by atoms with E-state index in [4.69, 9.17) is 0 Å². The molecule has 0 spiro atoms. The first-order valence-electron chi connectivity index (χ1n) is 6.81. The Bertz CT molecular complexity index is 441. The molecule has 104 valence electrons. The highest BCUT2D eigenvalue weighted by atomic mass is 19.4. The van der Waals surface area contributed by atoms with Crippen LogP contribution in [0, 0.1) is 17.8 Å². The van der Waals surface area contributed by atoms with Crippen LogP contribution in [0.1, 0.15) is 30.4 Å². The van der Waals surface area contributed by atoms with Crippen molar-refractivity contribution in [2.75, 3.05) is 0 Å². The van der Waals surface area contributed by atoms with Crippen molar-refractivity contribution < 1.29 is 18.3 Å². The number of aliphatic hydroxyl groups excluding tert-OH is 1. The third-order valence-electron chi connectivity index (χ3n) is 4.64. The van der Waals surface area contributed by atoms with Crippen LogP contribution in [0.5, 0.6) is 0 Å². The van der Waals surface area contributed by atoms with Gasteiger partial charge in [-0.1, -0.05) is 18.6 Å². The predicted octanol–water partition coefficient (Wildman–Crippen LogP) is 3.65. The molecule has 3 unspecified atom stereocenters. The molecule has 0 bridgehead atoms. The van der Waals surface area contributed by atoms with E-state index in [0.29, 0.717) is 24.2 Å². The quantitative estimate of drug-likeness (QED) is 0.888. The van der Waals surface area contributed by atoms with Crippen molar-refractivity contribution in [2.45, 2.75) is 38.0 Å². The molecule has 1 aromatic rings. The molecule has 0 aliphatic heterocycles. The normalized spacial score (nSPS) is 31.1. The first kappa shape index (κ1) is 13.0. The summed E-state index contributed by atoms with van der Waals surface area (Å²) in [5.74, 6) is 1.73. The molecule has 19 heavy (non-hydrogen) atoms. The smallest absolute Gasteiger partial charge is 0.392 e. The Hall–Kier alpha value is -1.03. The minimum absolute atomic E-state index is 0.385. The number of hydrogen-bond acceptors (Lipinski definition) is 1. The molecule has 2 aliphatic rings. The second-order valence-electron chi connectivity index (χ2n) is 5.80. The van der Waals surface area contributed by atoms with E-state index in [1.54, 1.807) is 0 Å². The van der Waals surface area contributed by atoms with Gasteiger partial charge in [-0.15, -0.1) is 0 Å². The second-order valence-corrected chi connectivity index (χ2v) is 5.80. The van der Waals surface area contributed by atoms with E-state index in [-0.39, 0.29) is 0 Å². The number of rotatable bonds is 3. The van der Waals surface area contributed by atoms with Gasteiger partial charge in [0, 0.05) is 0 Å². The van der Waals surface area contributed by atoms with Gasteiger partial charge in [0.15, 0.2) is 0 Å². The van der Waals surface area contributed by atoms with Crippen molar-refractivity contribution >= 4 is 0 Å². The Kier molecular flexibility index (Phi) is 3.08. The number of hydrogen-bond donors (Lipinski definition) is 1. The van der Waals surface area contributed by atoms with E-state index in [9.17, 15) is 18.3 Å². The number of benzene rings is 1. The second kappa shape index (κ2) is 4.51. The maximum atomic E-state index is 12.4. The van der Waals surface area contributed by atoms with Gasteiger partial charge in [0.05, 0.1) is 11.7 Å². The molecular weight excluding hydrogens is 253 g/mol. The Morgan fingerprint density at radius 1 is 1.11 bits per heavy atom. The summed E-state index contributed by atoms with van der Waals surface area (Å²) in [5.41, 5.74) is 0.152. The minimum atomic E-state index is -4.29. The maximum absolute atomic E-state index is 12.4. The first-order valence-corrected chi connectivity index (χ1v) is 6.81. The van der Waals surface area contributed by atoms with Crippen molar-refractivity contribution in [1.29, 1.82) is 0 Å². The molecule has 0 amide bonds. The third-order valence-corrected chi connectivity index (χ3v) is 4.64. The zero-order chi connectivity index (χ0) is 13.6. The van der Waals surface area contributed by atoms with Crippen molar-refractivity contribution in [3.63, 3.8) is 0 Å². The van der Waals surface area contributed by atoms with Gasteiger partial charge >= 0.3 is 6.18 Å². The highest BCUT2D eigenvalue weighted by Crippen LogP contribution is 2.59. The fraction of sp³-hybridized carbons (Fsp3) is 0.600. The molecule has 0 heterocycles. The van der Waals surface area contributed by atoms with E-state index < -0.39 is 17.8 Å².